The van der Waals surface area contributed by atoms with E-state index in [4.69, 9.17) is 22.0 Å². The Balaban J connectivity index is 2.82. The minimum absolute atomic E-state index is 0.202. The third-order valence-electron chi connectivity index (χ3n) is 2.91. The second-order valence-electron chi connectivity index (χ2n) is 4.38. The van der Waals surface area contributed by atoms with E-state index in [-0.39, 0.29) is 11.4 Å². The van der Waals surface area contributed by atoms with Gasteiger partial charge in [-0.3, -0.25) is 0 Å². The lowest BCUT2D eigenvalue weighted by atomic mass is 10.00. The Kier molecular flexibility index (Phi) is 4.94. The molecule has 1 aromatic carbocycles. The molecule has 1 rings (SSSR count). The highest BCUT2D eigenvalue weighted by molar-refractivity contribution is 6.33. The molecule has 0 aliphatic rings. The van der Waals surface area contributed by atoms with Crippen LogP contribution >= 0.6 is 11.6 Å². The second-order valence-corrected chi connectivity index (χ2v) is 4.78. The predicted molar refractivity (Wildman–Crippen MR) is 74.7 cm³/mol. The molecule has 0 saturated carbocycles. The van der Waals surface area contributed by atoms with Gasteiger partial charge in [-0.2, -0.15) is 5.26 Å². The fourth-order valence-electron chi connectivity index (χ4n) is 1.38. The van der Waals surface area contributed by atoms with Gasteiger partial charge in [0.05, 0.1) is 22.3 Å². The first-order chi connectivity index (χ1) is 9.32. The average molecular weight is 296 g/mol. The van der Waals surface area contributed by atoms with Crippen molar-refractivity contribution in [1.29, 1.82) is 5.26 Å². The number of hydrogen-bond acceptors (Lipinski definition) is 3. The average Bonchev–Trinajstić information content (AvgIpc) is 2.40. The maximum atomic E-state index is 11.8. The summed E-state index contributed by atoms with van der Waals surface area (Å²) in [5.74, 6) is -1.12. The van der Waals surface area contributed by atoms with Crippen LogP contribution in [0.2, 0.25) is 5.02 Å². The monoisotopic (exact) mass is 295 g/mol. The van der Waals surface area contributed by atoms with Crippen molar-refractivity contribution in [3.8, 4) is 6.07 Å². The van der Waals surface area contributed by atoms with E-state index in [1.165, 1.54) is 25.1 Å². The number of benzene rings is 1. The molecule has 1 atom stereocenters. The number of nitrogens with zero attached hydrogens (tertiary/aromatic N) is 1. The number of nitriles is 1. The van der Waals surface area contributed by atoms with Gasteiger partial charge < -0.3 is 15.7 Å². The van der Waals surface area contributed by atoms with Crippen molar-refractivity contribution in [2.24, 2.45) is 0 Å². The van der Waals surface area contributed by atoms with Gasteiger partial charge in [0, 0.05) is 0 Å². The molecule has 0 aliphatic heterocycles. The van der Waals surface area contributed by atoms with Crippen LogP contribution in [0.3, 0.4) is 0 Å². The third kappa shape index (κ3) is 3.62. The van der Waals surface area contributed by atoms with Gasteiger partial charge in [0.1, 0.15) is 5.54 Å². The first kappa shape index (κ1) is 15.8. The van der Waals surface area contributed by atoms with E-state index in [2.05, 4.69) is 10.6 Å². The van der Waals surface area contributed by atoms with E-state index in [0.717, 1.165) is 0 Å². The highest BCUT2D eigenvalue weighted by Crippen LogP contribution is 2.23. The Labute approximate surface area is 121 Å². The summed E-state index contributed by atoms with van der Waals surface area (Å²) in [5, 5.41) is 22.8. The van der Waals surface area contributed by atoms with Crippen LogP contribution in [0.15, 0.2) is 18.2 Å². The van der Waals surface area contributed by atoms with E-state index in [9.17, 15) is 9.59 Å². The van der Waals surface area contributed by atoms with Crippen molar-refractivity contribution in [2.75, 3.05) is 5.32 Å². The molecule has 0 fully saturated rings. The van der Waals surface area contributed by atoms with E-state index in [1.54, 1.807) is 6.92 Å². The molecule has 0 aliphatic carbocycles. The number of carbonyl (C=O) groups excluding carboxylic acids is 1. The van der Waals surface area contributed by atoms with E-state index >= 15 is 0 Å². The van der Waals surface area contributed by atoms with Gasteiger partial charge in [0.2, 0.25) is 0 Å². The van der Waals surface area contributed by atoms with Gasteiger partial charge in [-0.15, -0.1) is 0 Å². The summed E-state index contributed by atoms with van der Waals surface area (Å²) in [5.41, 5.74) is -0.694. The van der Waals surface area contributed by atoms with Crippen molar-refractivity contribution < 1.29 is 14.7 Å². The Morgan fingerprint density at radius 1 is 1.50 bits per heavy atom. The number of amides is 2. The summed E-state index contributed by atoms with van der Waals surface area (Å²) in [7, 11) is 0. The first-order valence-corrected chi connectivity index (χ1v) is 6.22. The highest BCUT2D eigenvalue weighted by Gasteiger charge is 2.32. The van der Waals surface area contributed by atoms with Crippen molar-refractivity contribution in [2.45, 2.75) is 25.8 Å². The van der Waals surface area contributed by atoms with E-state index in [1.807, 2.05) is 6.07 Å². The number of nitrogens with one attached hydrogen (secondary N) is 2. The predicted octanol–water partition coefficient (Wildman–Crippen LogP) is 2.59. The minimum atomic E-state index is -1.36. The fraction of sp³-hybridized carbons (Fsp3) is 0.308. The number of urea groups is 1. The zero-order valence-corrected chi connectivity index (χ0v) is 11.8. The molecular weight excluding hydrogens is 282 g/mol. The Bertz CT molecular complexity index is 583. The van der Waals surface area contributed by atoms with Gasteiger partial charge in [-0.25, -0.2) is 9.59 Å². The van der Waals surface area contributed by atoms with Gasteiger partial charge in [-0.05, 0) is 31.5 Å². The number of hydrogen-bond donors (Lipinski definition) is 3. The lowest BCUT2D eigenvalue weighted by Gasteiger charge is -2.24. The summed E-state index contributed by atoms with van der Waals surface area (Å²) < 4.78 is 0. The molecule has 3 N–H and O–H groups in total. The molecule has 0 bridgehead atoms. The van der Waals surface area contributed by atoms with Crippen LogP contribution < -0.4 is 10.6 Å². The van der Waals surface area contributed by atoms with Crippen molar-refractivity contribution >= 4 is 29.3 Å². The van der Waals surface area contributed by atoms with Crippen LogP contribution in [-0.4, -0.2) is 22.6 Å². The van der Waals surface area contributed by atoms with Crippen LogP contribution in [0.5, 0.6) is 0 Å². The molecular formula is C13H14ClN3O3. The van der Waals surface area contributed by atoms with E-state index in [0.29, 0.717) is 11.3 Å². The summed E-state index contributed by atoms with van der Waals surface area (Å²) in [6.45, 7) is 3.07. The van der Waals surface area contributed by atoms with Gasteiger partial charge in [-0.1, -0.05) is 18.5 Å². The second kappa shape index (κ2) is 6.26. The van der Waals surface area contributed by atoms with Crippen molar-refractivity contribution in [3.05, 3.63) is 28.8 Å². The number of rotatable bonds is 4. The van der Waals surface area contributed by atoms with Gasteiger partial charge in [0.15, 0.2) is 0 Å². The normalized spacial score (nSPS) is 12.9. The van der Waals surface area contributed by atoms with Gasteiger partial charge >= 0.3 is 12.0 Å². The Hall–Kier alpha value is -2.26. The molecule has 2 amide bonds. The van der Waals surface area contributed by atoms with Gasteiger partial charge in [0.25, 0.3) is 0 Å². The number of carboxylic acid groups (broad SMARTS) is 1. The maximum Gasteiger partial charge on any atom is 0.329 e. The highest BCUT2D eigenvalue weighted by atomic mass is 35.5. The van der Waals surface area contributed by atoms with Crippen LogP contribution in [0.1, 0.15) is 25.8 Å². The summed E-state index contributed by atoms with van der Waals surface area (Å²) in [6, 6.07) is 5.63. The molecule has 20 heavy (non-hydrogen) atoms. The minimum Gasteiger partial charge on any atom is -0.480 e. The molecule has 0 saturated heterocycles. The smallest absolute Gasteiger partial charge is 0.329 e. The zero-order valence-electron chi connectivity index (χ0n) is 11.0. The molecule has 0 heterocycles. The summed E-state index contributed by atoms with van der Waals surface area (Å²) in [6.07, 6.45) is 0.233. The lowest BCUT2D eigenvalue weighted by Crippen LogP contribution is -2.53. The van der Waals surface area contributed by atoms with Crippen molar-refractivity contribution in [3.63, 3.8) is 0 Å². The lowest BCUT2D eigenvalue weighted by molar-refractivity contribution is -0.143. The summed E-state index contributed by atoms with van der Waals surface area (Å²) in [4.78, 5) is 22.9. The largest absolute Gasteiger partial charge is 0.480 e. The van der Waals surface area contributed by atoms with Crippen LogP contribution in [0.4, 0.5) is 10.5 Å². The van der Waals surface area contributed by atoms with Crippen LogP contribution in [-0.2, 0) is 4.79 Å². The molecule has 6 nitrogen and oxygen atoms in total. The number of carbonyl (C=O) groups is 2. The SMILES string of the molecule is CCC(C)(NC(=O)Nc1ccc(C#N)cc1Cl)C(=O)O. The molecule has 7 heteroatoms. The standard InChI is InChI=1S/C13H14ClN3O3/c1-3-13(2,11(18)19)17-12(20)16-10-5-4-8(7-15)6-9(10)14/h4-6H,3H2,1-2H3,(H,18,19)(H2,16,17,20). The Morgan fingerprint density at radius 3 is 2.60 bits per heavy atom. The third-order valence-corrected chi connectivity index (χ3v) is 3.23. The Morgan fingerprint density at radius 2 is 2.15 bits per heavy atom. The molecule has 106 valence electrons. The number of anilines is 1. The number of halogens is 1. The van der Waals surface area contributed by atoms with Crippen molar-refractivity contribution in [1.82, 2.24) is 5.32 Å². The molecule has 0 aromatic heterocycles. The van der Waals surface area contributed by atoms with Crippen LogP contribution in [0.25, 0.3) is 0 Å². The first-order valence-electron chi connectivity index (χ1n) is 5.84. The quantitative estimate of drug-likeness (QED) is 0.794. The molecule has 0 radical (unpaired) electrons. The van der Waals surface area contributed by atoms with E-state index < -0.39 is 17.5 Å². The zero-order chi connectivity index (χ0) is 15.3. The number of carboxylic acids is 1. The number of aliphatic carboxylic acids is 1. The topological polar surface area (TPSA) is 102 Å². The maximum absolute atomic E-state index is 11.8. The molecule has 1 unspecified atom stereocenters. The fourth-order valence-corrected chi connectivity index (χ4v) is 1.61. The molecule has 0 spiro atoms. The van der Waals surface area contributed by atoms with Crippen LogP contribution in [0, 0.1) is 11.3 Å². The molecule has 1 aromatic rings. The summed E-state index contributed by atoms with van der Waals surface area (Å²) >= 11 is 5.91.